The van der Waals surface area contributed by atoms with Crippen LogP contribution in [0.5, 0.6) is 5.75 Å². The van der Waals surface area contributed by atoms with Crippen molar-refractivity contribution in [1.29, 1.82) is 5.26 Å². The van der Waals surface area contributed by atoms with Gasteiger partial charge in [-0.1, -0.05) is 0 Å². The monoisotopic (exact) mass is 345 g/mol. The first-order chi connectivity index (χ1) is 11.3. The van der Waals surface area contributed by atoms with Gasteiger partial charge in [0.1, 0.15) is 16.8 Å². The molecule has 0 aliphatic rings. The Morgan fingerprint density at radius 2 is 2.00 bits per heavy atom. The lowest BCUT2D eigenvalue weighted by Gasteiger charge is -2.12. The predicted molar refractivity (Wildman–Crippen MR) is 90.1 cm³/mol. The van der Waals surface area contributed by atoms with E-state index in [1.165, 1.54) is 25.1 Å². The summed E-state index contributed by atoms with van der Waals surface area (Å²) in [6.45, 7) is 1.69. The Morgan fingerprint density at radius 1 is 1.33 bits per heavy atom. The van der Waals surface area contributed by atoms with Crippen LogP contribution in [0, 0.1) is 11.3 Å². The normalized spacial score (nSPS) is 10.6. The zero-order chi connectivity index (χ0) is 18.0. The molecule has 124 valence electrons. The molecule has 1 heterocycles. The van der Waals surface area contributed by atoms with E-state index >= 15 is 0 Å². The van der Waals surface area contributed by atoms with Crippen molar-refractivity contribution in [2.75, 3.05) is 19.4 Å². The van der Waals surface area contributed by atoms with Crippen LogP contribution in [-0.2, 0) is 16.1 Å². The maximum atomic E-state index is 12.3. The van der Waals surface area contributed by atoms with Gasteiger partial charge in [-0.05, 0) is 26.2 Å². The van der Waals surface area contributed by atoms with Crippen molar-refractivity contribution in [3.05, 3.63) is 23.3 Å². The van der Waals surface area contributed by atoms with Crippen LogP contribution in [0.2, 0.25) is 0 Å². The first kappa shape index (κ1) is 17.6. The molecule has 0 aliphatic carbocycles. The highest BCUT2D eigenvalue weighted by molar-refractivity contribution is 7.23. The number of ketones is 2. The highest BCUT2D eigenvalue weighted by atomic mass is 32.1. The molecule has 0 unspecified atom stereocenters. The van der Waals surface area contributed by atoms with E-state index in [0.717, 1.165) is 11.3 Å². The molecule has 1 amide bonds. The van der Waals surface area contributed by atoms with Crippen LogP contribution in [-0.4, -0.2) is 41.6 Å². The Balaban J connectivity index is 2.78. The summed E-state index contributed by atoms with van der Waals surface area (Å²) in [5, 5.41) is 22.0. The van der Waals surface area contributed by atoms with E-state index in [1.54, 1.807) is 0 Å². The van der Waals surface area contributed by atoms with E-state index in [0.29, 0.717) is 22.2 Å². The van der Waals surface area contributed by atoms with Crippen molar-refractivity contribution in [1.82, 2.24) is 4.90 Å². The lowest BCUT2D eigenvalue weighted by Crippen LogP contribution is -2.15. The minimum absolute atomic E-state index is 0.0169. The summed E-state index contributed by atoms with van der Waals surface area (Å²) in [5.41, 5.74) is 0.564. The van der Waals surface area contributed by atoms with Gasteiger partial charge in [0.15, 0.2) is 0 Å². The summed E-state index contributed by atoms with van der Waals surface area (Å²) in [6, 6.07) is 4.24. The highest BCUT2D eigenvalue weighted by Gasteiger charge is 2.27. The number of hydrogen-bond acceptors (Lipinski definition) is 7. The van der Waals surface area contributed by atoms with Crippen LogP contribution in [0.15, 0.2) is 12.1 Å². The van der Waals surface area contributed by atoms with Gasteiger partial charge >= 0.3 is 5.78 Å². The molecule has 2 aromatic rings. The van der Waals surface area contributed by atoms with Crippen LogP contribution in [0.1, 0.15) is 22.8 Å². The minimum atomic E-state index is -1.21. The number of rotatable bonds is 5. The van der Waals surface area contributed by atoms with Gasteiger partial charge in [0.2, 0.25) is 11.7 Å². The summed E-state index contributed by atoms with van der Waals surface area (Å²) >= 11 is 1.09. The van der Waals surface area contributed by atoms with Crippen molar-refractivity contribution in [2.45, 2.75) is 13.5 Å². The number of Topliss-reactive ketones (excluding diaryl/α,β-unsaturated/α-hetero) is 2. The van der Waals surface area contributed by atoms with E-state index in [-0.39, 0.29) is 16.3 Å². The molecule has 2 N–H and O–H groups in total. The van der Waals surface area contributed by atoms with E-state index in [9.17, 15) is 19.5 Å². The molecule has 24 heavy (non-hydrogen) atoms. The Morgan fingerprint density at radius 3 is 2.54 bits per heavy atom. The minimum Gasteiger partial charge on any atom is -0.508 e. The molecular formula is C16H15N3O4S. The van der Waals surface area contributed by atoms with Gasteiger partial charge in [0.25, 0.3) is 0 Å². The van der Waals surface area contributed by atoms with Crippen LogP contribution in [0.3, 0.4) is 0 Å². The topological polar surface area (TPSA) is 110 Å². The fraction of sp³-hybridized carbons (Fsp3) is 0.250. The van der Waals surface area contributed by atoms with Gasteiger partial charge in [0, 0.05) is 29.1 Å². The second-order valence-electron chi connectivity index (χ2n) is 5.44. The zero-order valence-corrected chi connectivity index (χ0v) is 14.2. The highest BCUT2D eigenvalue weighted by Crippen LogP contribution is 2.41. The van der Waals surface area contributed by atoms with Gasteiger partial charge in [-0.2, -0.15) is 5.26 Å². The third kappa shape index (κ3) is 3.27. The van der Waals surface area contributed by atoms with E-state index < -0.39 is 17.5 Å². The smallest absolute Gasteiger partial charge is 0.302 e. The molecule has 0 saturated heterocycles. The molecule has 0 atom stereocenters. The summed E-state index contributed by atoms with van der Waals surface area (Å²) in [5.74, 6) is -2.53. The van der Waals surface area contributed by atoms with Gasteiger partial charge in [-0.25, -0.2) is 0 Å². The van der Waals surface area contributed by atoms with Crippen molar-refractivity contribution >= 4 is 43.9 Å². The number of nitrogens with one attached hydrogen (secondary N) is 1. The number of carbonyl (C=O) groups excluding carboxylic acids is 3. The quantitative estimate of drug-likeness (QED) is 0.486. The van der Waals surface area contributed by atoms with Gasteiger partial charge in [-0.15, -0.1) is 11.3 Å². The van der Waals surface area contributed by atoms with Crippen molar-refractivity contribution in [3.63, 3.8) is 0 Å². The zero-order valence-electron chi connectivity index (χ0n) is 13.3. The number of carbonyl (C=O) groups is 3. The third-order valence-corrected chi connectivity index (χ3v) is 4.42. The Bertz CT molecular complexity index is 893. The molecule has 0 aliphatic heterocycles. The van der Waals surface area contributed by atoms with Crippen LogP contribution < -0.4 is 5.32 Å². The molecule has 0 radical (unpaired) electrons. The van der Waals surface area contributed by atoms with Crippen LogP contribution in [0.25, 0.3) is 10.1 Å². The number of phenolic OH excluding ortho intramolecular Hbond substituents is 1. The Labute approximate surface area is 142 Å². The van der Waals surface area contributed by atoms with E-state index in [1.807, 2.05) is 19.0 Å². The van der Waals surface area contributed by atoms with E-state index in [2.05, 4.69) is 5.32 Å². The molecule has 0 saturated carbocycles. The third-order valence-electron chi connectivity index (χ3n) is 3.24. The second kappa shape index (κ2) is 6.78. The maximum absolute atomic E-state index is 12.3. The summed E-state index contributed by atoms with van der Waals surface area (Å²) in [7, 11) is 3.65. The lowest BCUT2D eigenvalue weighted by atomic mass is 10.0. The van der Waals surface area contributed by atoms with Gasteiger partial charge in [-0.3, -0.25) is 14.4 Å². The number of benzene rings is 1. The van der Waals surface area contributed by atoms with Crippen molar-refractivity contribution < 1.29 is 19.5 Å². The number of anilines is 1. The lowest BCUT2D eigenvalue weighted by molar-refractivity contribution is -0.114. The summed E-state index contributed by atoms with van der Waals surface area (Å²) in [6.07, 6.45) is 0. The number of thiophene rings is 1. The Kier molecular flexibility index (Phi) is 4.97. The average Bonchev–Trinajstić information content (AvgIpc) is 2.85. The van der Waals surface area contributed by atoms with E-state index in [4.69, 9.17) is 5.26 Å². The number of amides is 1. The summed E-state index contributed by atoms with van der Waals surface area (Å²) in [4.78, 5) is 37.1. The molecule has 2 rings (SSSR count). The average molecular weight is 345 g/mol. The number of hydrogen-bond donors (Lipinski definition) is 2. The largest absolute Gasteiger partial charge is 0.508 e. The maximum Gasteiger partial charge on any atom is 0.302 e. The van der Waals surface area contributed by atoms with Crippen molar-refractivity contribution in [3.8, 4) is 11.8 Å². The standard InChI is InChI=1S/C16H15N3O4S/c1-8(20)18-16-13(14(23)12(22)6-17)9-4-5-11(21)10(7-19(2)3)15(9)24-16/h4-5,21H,7H2,1-3H3,(H,18,20). The van der Waals surface area contributed by atoms with Crippen LogP contribution in [0.4, 0.5) is 5.00 Å². The SMILES string of the molecule is CC(=O)Nc1sc2c(CN(C)C)c(O)ccc2c1C(=O)C(=O)C#N. The number of fused-ring (bicyclic) bond motifs is 1. The Hall–Kier alpha value is -2.76. The second-order valence-corrected chi connectivity index (χ2v) is 6.46. The molecular weight excluding hydrogens is 330 g/mol. The fourth-order valence-corrected chi connectivity index (χ4v) is 3.59. The molecule has 7 nitrogen and oxygen atoms in total. The predicted octanol–water partition coefficient (Wildman–Crippen LogP) is 1.90. The number of aromatic hydroxyl groups is 1. The molecule has 0 spiro atoms. The number of phenols is 1. The molecule has 8 heteroatoms. The molecule has 1 aromatic carbocycles. The van der Waals surface area contributed by atoms with Gasteiger partial charge < -0.3 is 15.3 Å². The number of nitrogens with zero attached hydrogens (tertiary/aromatic N) is 2. The molecule has 0 bridgehead atoms. The summed E-state index contributed by atoms with van der Waals surface area (Å²) < 4.78 is 0.585. The molecule has 0 fully saturated rings. The first-order valence-electron chi connectivity index (χ1n) is 6.94. The molecule has 1 aromatic heterocycles. The van der Waals surface area contributed by atoms with Gasteiger partial charge in [0.05, 0.1) is 5.56 Å². The van der Waals surface area contributed by atoms with Crippen LogP contribution >= 0.6 is 11.3 Å². The first-order valence-corrected chi connectivity index (χ1v) is 7.76. The fourth-order valence-electron chi connectivity index (χ4n) is 2.31. The van der Waals surface area contributed by atoms with Crippen molar-refractivity contribution in [2.24, 2.45) is 0 Å². The number of nitriles is 1.